The van der Waals surface area contributed by atoms with Crippen LogP contribution in [0.3, 0.4) is 0 Å². The van der Waals surface area contributed by atoms with Crippen LogP contribution in [0.5, 0.6) is 0 Å². The summed E-state index contributed by atoms with van der Waals surface area (Å²) < 4.78 is 26.0. The summed E-state index contributed by atoms with van der Waals surface area (Å²) in [5.74, 6) is -0.331. The highest BCUT2D eigenvalue weighted by molar-refractivity contribution is 7.92. The Morgan fingerprint density at radius 1 is 1.10 bits per heavy atom. The second kappa shape index (κ2) is 9.51. The number of hydrogen-bond donors (Lipinski definition) is 1. The van der Waals surface area contributed by atoms with E-state index < -0.39 is 16.1 Å². The first-order valence-electron chi connectivity index (χ1n) is 10.4. The second-order valence-electron chi connectivity index (χ2n) is 8.01. The van der Waals surface area contributed by atoms with Crippen LogP contribution in [0.2, 0.25) is 0 Å². The summed E-state index contributed by atoms with van der Waals surface area (Å²) in [5.41, 5.74) is 3.62. The van der Waals surface area contributed by atoms with Crippen LogP contribution in [-0.2, 0) is 21.4 Å². The van der Waals surface area contributed by atoms with Gasteiger partial charge in [0.1, 0.15) is 6.04 Å². The Balaban J connectivity index is 1.65. The van der Waals surface area contributed by atoms with E-state index in [0.29, 0.717) is 12.2 Å². The van der Waals surface area contributed by atoms with Gasteiger partial charge < -0.3 is 10.2 Å². The fraction of sp³-hybridized carbons (Fsp3) is 0.435. The van der Waals surface area contributed by atoms with Gasteiger partial charge in [0.25, 0.3) is 0 Å². The van der Waals surface area contributed by atoms with E-state index in [1.54, 1.807) is 25.1 Å². The minimum Gasteiger partial charge on any atom is -0.372 e. The monoisotopic (exact) mass is 429 g/mol. The third kappa shape index (κ3) is 5.53. The topological polar surface area (TPSA) is 69.7 Å². The van der Waals surface area contributed by atoms with Crippen LogP contribution in [0.25, 0.3) is 0 Å². The normalized spacial score (nSPS) is 15.5. The van der Waals surface area contributed by atoms with Crippen LogP contribution in [0.4, 0.5) is 11.4 Å². The number of carbonyl (C=O) groups is 1. The van der Waals surface area contributed by atoms with Gasteiger partial charge in [0.2, 0.25) is 15.9 Å². The highest BCUT2D eigenvalue weighted by Gasteiger charge is 2.29. The zero-order chi connectivity index (χ0) is 21.7. The lowest BCUT2D eigenvalue weighted by atomic mass is 10.1. The number of aryl methyl sites for hydroxylation is 1. The molecule has 1 saturated heterocycles. The predicted octanol–water partition coefficient (Wildman–Crippen LogP) is 3.46. The summed E-state index contributed by atoms with van der Waals surface area (Å²) in [6, 6.07) is 14.5. The van der Waals surface area contributed by atoms with Gasteiger partial charge in [-0.25, -0.2) is 8.42 Å². The van der Waals surface area contributed by atoms with E-state index >= 15 is 0 Å². The number of amides is 1. The number of nitrogens with zero attached hydrogens (tertiary/aromatic N) is 2. The molecule has 1 aliphatic heterocycles. The summed E-state index contributed by atoms with van der Waals surface area (Å²) in [7, 11) is -3.61. The Bertz CT molecular complexity index is 967. The number of carbonyl (C=O) groups excluding carboxylic acids is 1. The highest BCUT2D eigenvalue weighted by Crippen LogP contribution is 2.22. The van der Waals surface area contributed by atoms with Crippen LogP contribution in [0, 0.1) is 6.92 Å². The van der Waals surface area contributed by atoms with Crippen LogP contribution in [0.1, 0.15) is 37.3 Å². The zero-order valence-electron chi connectivity index (χ0n) is 18.0. The first-order valence-corrected chi connectivity index (χ1v) is 12.3. The van der Waals surface area contributed by atoms with Crippen molar-refractivity contribution in [2.24, 2.45) is 0 Å². The SMILES string of the molecule is Cc1cccc(N([C@H](C)C(=O)NCc2ccc(N3CCCCC3)cc2)S(C)(=O)=O)c1. The maximum Gasteiger partial charge on any atom is 0.243 e. The molecule has 1 aliphatic rings. The minimum atomic E-state index is -3.61. The third-order valence-corrected chi connectivity index (χ3v) is 6.71. The molecule has 0 saturated carbocycles. The first-order chi connectivity index (χ1) is 14.3. The smallest absolute Gasteiger partial charge is 0.243 e. The molecule has 7 heteroatoms. The molecule has 0 spiro atoms. The van der Waals surface area contributed by atoms with Crippen LogP contribution in [-0.4, -0.2) is 39.7 Å². The van der Waals surface area contributed by atoms with Gasteiger partial charge in [-0.1, -0.05) is 24.3 Å². The van der Waals surface area contributed by atoms with Crippen molar-refractivity contribution in [3.63, 3.8) is 0 Å². The fourth-order valence-corrected chi connectivity index (χ4v) is 5.05. The number of benzene rings is 2. The molecule has 6 nitrogen and oxygen atoms in total. The van der Waals surface area contributed by atoms with Crippen molar-refractivity contribution >= 4 is 27.3 Å². The first kappa shape index (κ1) is 22.2. The van der Waals surface area contributed by atoms with Gasteiger partial charge in [-0.2, -0.15) is 0 Å². The lowest BCUT2D eigenvalue weighted by Crippen LogP contribution is -2.47. The second-order valence-corrected chi connectivity index (χ2v) is 9.87. The largest absolute Gasteiger partial charge is 0.372 e. The van der Waals surface area contributed by atoms with Crippen molar-refractivity contribution in [3.05, 3.63) is 59.7 Å². The number of hydrogen-bond acceptors (Lipinski definition) is 4. The molecule has 1 fully saturated rings. The van der Waals surface area contributed by atoms with Crippen molar-refractivity contribution < 1.29 is 13.2 Å². The lowest BCUT2D eigenvalue weighted by molar-refractivity contribution is -0.122. The number of rotatable bonds is 7. The Morgan fingerprint density at radius 2 is 1.77 bits per heavy atom. The van der Waals surface area contributed by atoms with Crippen molar-refractivity contribution in [1.29, 1.82) is 0 Å². The summed E-state index contributed by atoms with van der Waals surface area (Å²) in [4.78, 5) is 15.1. The van der Waals surface area contributed by atoms with Crippen molar-refractivity contribution in [2.75, 3.05) is 28.6 Å². The number of anilines is 2. The Morgan fingerprint density at radius 3 is 2.37 bits per heavy atom. The van der Waals surface area contributed by atoms with E-state index in [2.05, 4.69) is 22.3 Å². The van der Waals surface area contributed by atoms with E-state index in [0.717, 1.165) is 30.5 Å². The molecule has 2 aromatic rings. The number of sulfonamides is 1. The molecule has 3 rings (SSSR count). The van der Waals surface area contributed by atoms with Crippen molar-refractivity contribution in [3.8, 4) is 0 Å². The molecule has 0 unspecified atom stereocenters. The summed E-state index contributed by atoms with van der Waals surface area (Å²) in [6.07, 6.45) is 4.88. The van der Waals surface area contributed by atoms with E-state index in [1.807, 2.05) is 25.1 Å². The molecule has 1 N–H and O–H groups in total. The maximum atomic E-state index is 12.8. The molecule has 0 bridgehead atoms. The van der Waals surface area contributed by atoms with E-state index in [-0.39, 0.29) is 5.91 Å². The average Bonchev–Trinajstić information content (AvgIpc) is 2.72. The molecule has 0 radical (unpaired) electrons. The Labute approximate surface area is 179 Å². The van der Waals surface area contributed by atoms with Crippen LogP contribution >= 0.6 is 0 Å². The quantitative estimate of drug-likeness (QED) is 0.732. The van der Waals surface area contributed by atoms with Gasteiger partial charge in [-0.05, 0) is 68.5 Å². The molecule has 0 aliphatic carbocycles. The van der Waals surface area contributed by atoms with Gasteiger partial charge in [-0.3, -0.25) is 9.10 Å². The van der Waals surface area contributed by atoms with E-state index in [4.69, 9.17) is 0 Å². The lowest BCUT2D eigenvalue weighted by Gasteiger charge is -2.29. The Kier molecular flexibility index (Phi) is 7.02. The van der Waals surface area contributed by atoms with Gasteiger partial charge in [0.15, 0.2) is 0 Å². The van der Waals surface area contributed by atoms with Crippen molar-refractivity contribution in [1.82, 2.24) is 5.32 Å². The fourth-order valence-electron chi connectivity index (χ4n) is 3.89. The van der Waals surface area contributed by atoms with Gasteiger partial charge in [0.05, 0.1) is 11.9 Å². The maximum absolute atomic E-state index is 12.8. The number of nitrogens with one attached hydrogen (secondary N) is 1. The number of piperidine rings is 1. The summed E-state index contributed by atoms with van der Waals surface area (Å²) in [5, 5.41) is 2.88. The molecule has 1 heterocycles. The predicted molar refractivity (Wildman–Crippen MR) is 122 cm³/mol. The van der Waals surface area contributed by atoms with Crippen LogP contribution < -0.4 is 14.5 Å². The Hall–Kier alpha value is -2.54. The molecule has 0 aromatic heterocycles. The molecule has 2 aromatic carbocycles. The highest BCUT2D eigenvalue weighted by atomic mass is 32.2. The van der Waals surface area contributed by atoms with E-state index in [1.165, 1.54) is 29.3 Å². The summed E-state index contributed by atoms with van der Waals surface area (Å²) >= 11 is 0. The van der Waals surface area contributed by atoms with Gasteiger partial charge in [-0.15, -0.1) is 0 Å². The third-order valence-electron chi connectivity index (χ3n) is 5.47. The standard InChI is InChI=1S/C23H31N3O3S/c1-18-8-7-9-22(16-18)26(30(3,28)29)19(2)23(27)24-17-20-10-12-21(13-11-20)25-14-5-4-6-15-25/h7-13,16,19H,4-6,14-15,17H2,1-3H3,(H,24,27)/t19-/m1/s1. The zero-order valence-corrected chi connectivity index (χ0v) is 18.8. The molecular weight excluding hydrogens is 398 g/mol. The molecule has 1 amide bonds. The molecule has 30 heavy (non-hydrogen) atoms. The molecule has 162 valence electrons. The van der Waals surface area contributed by atoms with E-state index in [9.17, 15) is 13.2 Å². The van der Waals surface area contributed by atoms with Gasteiger partial charge >= 0.3 is 0 Å². The summed E-state index contributed by atoms with van der Waals surface area (Å²) in [6.45, 7) is 6.04. The molecule has 1 atom stereocenters. The minimum absolute atomic E-state index is 0.331. The average molecular weight is 430 g/mol. The van der Waals surface area contributed by atoms with Crippen molar-refractivity contribution in [2.45, 2.75) is 45.7 Å². The van der Waals surface area contributed by atoms with Crippen LogP contribution in [0.15, 0.2) is 48.5 Å². The molecular formula is C23H31N3O3S. The van der Waals surface area contributed by atoms with Gasteiger partial charge in [0, 0.05) is 25.3 Å².